The normalized spacial score (nSPS) is 14.8. The Bertz CT molecular complexity index is 1450. The summed E-state index contributed by atoms with van der Waals surface area (Å²) in [6, 6.07) is 5.37. The molecule has 0 atom stereocenters. The molecule has 1 aliphatic rings. The lowest BCUT2D eigenvalue weighted by Crippen LogP contribution is -2.29. The zero-order valence-electron chi connectivity index (χ0n) is 18.4. The van der Waals surface area contributed by atoms with Crippen molar-refractivity contribution in [2.24, 2.45) is 0 Å². The van der Waals surface area contributed by atoms with Gasteiger partial charge in [0.25, 0.3) is 0 Å². The number of phenolic OH excluding ortho intramolecular Hbond substituents is 1. The van der Waals surface area contributed by atoms with Gasteiger partial charge < -0.3 is 19.2 Å². The van der Waals surface area contributed by atoms with E-state index in [2.05, 4.69) is 15.4 Å². The van der Waals surface area contributed by atoms with Crippen LogP contribution in [0.2, 0.25) is 0 Å². The van der Waals surface area contributed by atoms with Crippen LogP contribution >= 0.6 is 0 Å². The fourth-order valence-corrected chi connectivity index (χ4v) is 4.03. The van der Waals surface area contributed by atoms with E-state index >= 15 is 0 Å². The quantitative estimate of drug-likeness (QED) is 0.506. The first-order chi connectivity index (χ1) is 15.2. The largest absolute Gasteiger partial charge is 0.507 e. The average molecular weight is 432 g/mol. The fourth-order valence-electron chi connectivity index (χ4n) is 4.03. The summed E-state index contributed by atoms with van der Waals surface area (Å²) in [5.74, 6) is 0.469. The lowest BCUT2D eigenvalue weighted by atomic mass is 9.94. The zero-order chi connectivity index (χ0) is 22.6. The highest BCUT2D eigenvalue weighted by Gasteiger charge is 2.30. The highest BCUT2D eigenvalue weighted by Crippen LogP contribution is 2.44. The molecule has 4 aromatic rings. The van der Waals surface area contributed by atoms with Crippen molar-refractivity contribution in [3.63, 3.8) is 0 Å². The van der Waals surface area contributed by atoms with Crippen molar-refractivity contribution in [1.29, 1.82) is 0 Å². The molecule has 1 aliphatic heterocycles. The van der Waals surface area contributed by atoms with Crippen molar-refractivity contribution in [3.8, 4) is 22.6 Å². The summed E-state index contributed by atoms with van der Waals surface area (Å²) in [6.07, 6.45) is 5.79. The number of fused-ring (bicyclic) bond motifs is 4. The van der Waals surface area contributed by atoms with E-state index in [4.69, 9.17) is 9.15 Å². The number of H-pyrrole nitrogens is 1. The molecule has 3 heterocycles. The molecule has 0 fully saturated rings. The molecule has 0 unspecified atom stereocenters. The molecule has 0 saturated heterocycles. The third kappa shape index (κ3) is 3.23. The molecular formula is C24H24N4O4. The molecule has 0 saturated carbocycles. The van der Waals surface area contributed by atoms with Crippen LogP contribution in [0.15, 0.2) is 39.7 Å². The molecule has 8 heteroatoms. The molecule has 0 amide bonds. The first-order valence-electron chi connectivity index (χ1n) is 10.4. The van der Waals surface area contributed by atoms with E-state index in [9.17, 15) is 9.90 Å². The van der Waals surface area contributed by atoms with Crippen molar-refractivity contribution in [1.82, 2.24) is 20.3 Å². The van der Waals surface area contributed by atoms with Gasteiger partial charge in [-0.3, -0.25) is 9.89 Å². The van der Waals surface area contributed by atoms with Gasteiger partial charge in [-0.05, 0) is 64.2 Å². The molecule has 2 aromatic heterocycles. The van der Waals surface area contributed by atoms with Crippen molar-refractivity contribution < 1.29 is 14.3 Å². The number of ether oxygens (including phenoxy) is 1. The Morgan fingerprint density at radius 3 is 2.84 bits per heavy atom. The predicted octanol–water partition coefficient (Wildman–Crippen LogP) is 3.73. The molecule has 2 N–H and O–H groups in total. The van der Waals surface area contributed by atoms with E-state index in [0.717, 1.165) is 0 Å². The molecule has 0 radical (unpaired) electrons. The number of benzene rings is 2. The number of nitrogens with zero attached hydrogens (tertiary/aromatic N) is 3. The number of phenols is 1. The fraction of sp³-hybridized carbons (Fsp3) is 0.292. The predicted molar refractivity (Wildman–Crippen MR) is 123 cm³/mol. The van der Waals surface area contributed by atoms with Crippen LogP contribution in [-0.4, -0.2) is 51.7 Å². The van der Waals surface area contributed by atoms with Gasteiger partial charge >= 0.3 is 0 Å². The number of aromatic hydroxyl groups is 1. The van der Waals surface area contributed by atoms with Gasteiger partial charge in [0, 0.05) is 12.1 Å². The zero-order valence-corrected chi connectivity index (χ0v) is 18.4. The number of hydrogen-bond donors (Lipinski definition) is 2. The number of nitrogens with one attached hydrogen (secondary N) is 1. The van der Waals surface area contributed by atoms with Crippen molar-refractivity contribution in [2.75, 3.05) is 20.6 Å². The lowest BCUT2D eigenvalue weighted by Gasteiger charge is -2.30. The van der Waals surface area contributed by atoms with Crippen LogP contribution in [-0.2, 0) is 6.42 Å². The van der Waals surface area contributed by atoms with Gasteiger partial charge in [0.2, 0.25) is 5.43 Å². The number of aromatic nitrogens is 3. The van der Waals surface area contributed by atoms with Gasteiger partial charge in [0.15, 0.2) is 5.58 Å². The van der Waals surface area contributed by atoms with E-state index in [-0.39, 0.29) is 16.6 Å². The molecule has 2 aromatic carbocycles. The summed E-state index contributed by atoms with van der Waals surface area (Å²) in [4.78, 5) is 15.6. The van der Waals surface area contributed by atoms with E-state index < -0.39 is 5.60 Å². The van der Waals surface area contributed by atoms with Gasteiger partial charge in [-0.25, -0.2) is 0 Å². The molecule has 5 rings (SSSR count). The average Bonchev–Trinajstić information content (AvgIpc) is 3.20. The Hall–Kier alpha value is -3.65. The monoisotopic (exact) mass is 432 g/mol. The van der Waals surface area contributed by atoms with Crippen LogP contribution in [0.4, 0.5) is 0 Å². The second-order valence-electron chi connectivity index (χ2n) is 8.89. The molecule has 0 aliphatic carbocycles. The van der Waals surface area contributed by atoms with Crippen molar-refractivity contribution in [3.05, 3.63) is 51.9 Å². The van der Waals surface area contributed by atoms with Crippen LogP contribution in [0.1, 0.15) is 25.0 Å². The van der Waals surface area contributed by atoms with Crippen molar-refractivity contribution in [2.45, 2.75) is 25.9 Å². The van der Waals surface area contributed by atoms with Crippen LogP contribution in [0.5, 0.6) is 11.5 Å². The summed E-state index contributed by atoms with van der Waals surface area (Å²) in [5.41, 5.74) is 3.17. The number of rotatable bonds is 4. The summed E-state index contributed by atoms with van der Waals surface area (Å²) in [5, 5.41) is 22.0. The first-order valence-corrected chi connectivity index (χ1v) is 10.4. The standard InChI is InChI=1S/C24H24N4O4/c1-24(2)9-7-15-22(32-24)14(8-10-28(3)4)20(29)19-21(30)16(12-31-23(15)19)13-5-6-17-18(11-13)26-27-25-17/h5-7,9,11-12,29H,8,10H2,1-4H3,(H,25,26,27). The second kappa shape index (κ2) is 7.20. The van der Waals surface area contributed by atoms with Gasteiger partial charge in [-0.2, -0.15) is 0 Å². The Morgan fingerprint density at radius 2 is 2.06 bits per heavy atom. The summed E-state index contributed by atoms with van der Waals surface area (Å²) in [7, 11) is 3.92. The van der Waals surface area contributed by atoms with Gasteiger partial charge in [0.05, 0.1) is 16.6 Å². The molecule has 0 spiro atoms. The number of aromatic amines is 1. The Kier molecular flexibility index (Phi) is 4.56. The third-order valence-electron chi connectivity index (χ3n) is 5.74. The van der Waals surface area contributed by atoms with Crippen LogP contribution in [0.25, 0.3) is 39.2 Å². The molecular weight excluding hydrogens is 408 g/mol. The minimum atomic E-state index is -0.534. The Balaban J connectivity index is 1.77. The molecule has 8 nitrogen and oxygen atoms in total. The van der Waals surface area contributed by atoms with Crippen LogP contribution in [0, 0.1) is 0 Å². The number of likely N-dealkylation sites (N-methyl/N-ethyl adjacent to an activating group) is 1. The van der Waals surface area contributed by atoms with Crippen LogP contribution in [0.3, 0.4) is 0 Å². The van der Waals surface area contributed by atoms with Crippen molar-refractivity contribution >= 4 is 28.1 Å². The lowest BCUT2D eigenvalue weighted by molar-refractivity contribution is 0.156. The number of hydrogen-bond acceptors (Lipinski definition) is 7. The topological polar surface area (TPSA) is 104 Å². The summed E-state index contributed by atoms with van der Waals surface area (Å²) < 4.78 is 12.2. The smallest absolute Gasteiger partial charge is 0.204 e. The highest BCUT2D eigenvalue weighted by molar-refractivity contribution is 5.97. The first kappa shape index (κ1) is 20.3. The minimum absolute atomic E-state index is 0.0911. The molecule has 164 valence electrons. The minimum Gasteiger partial charge on any atom is -0.507 e. The van der Waals surface area contributed by atoms with Gasteiger partial charge in [-0.1, -0.05) is 11.3 Å². The Labute approximate surface area is 184 Å². The molecule has 0 bridgehead atoms. The summed E-state index contributed by atoms with van der Waals surface area (Å²) >= 11 is 0. The SMILES string of the molecule is CN(C)CCc1c2c(c3occ(-c4ccc5nn[nH]c5c4)c(=O)c3c1O)C=CC(C)(C)O2. The highest BCUT2D eigenvalue weighted by atomic mass is 16.5. The van der Waals surface area contributed by atoms with Gasteiger partial charge in [0.1, 0.15) is 34.3 Å². The maximum atomic E-state index is 13.6. The van der Waals surface area contributed by atoms with Crippen LogP contribution < -0.4 is 10.2 Å². The maximum Gasteiger partial charge on any atom is 0.204 e. The van der Waals surface area contributed by atoms with E-state index in [1.807, 2.05) is 45.0 Å². The van der Waals surface area contributed by atoms with E-state index in [1.165, 1.54) is 6.26 Å². The maximum absolute atomic E-state index is 13.6. The summed E-state index contributed by atoms with van der Waals surface area (Å²) in [6.45, 7) is 4.58. The Morgan fingerprint density at radius 1 is 1.25 bits per heavy atom. The van der Waals surface area contributed by atoms with E-state index in [1.54, 1.807) is 18.2 Å². The third-order valence-corrected chi connectivity index (χ3v) is 5.74. The second-order valence-corrected chi connectivity index (χ2v) is 8.89. The van der Waals surface area contributed by atoms with Gasteiger partial charge in [-0.15, -0.1) is 5.10 Å². The molecule has 32 heavy (non-hydrogen) atoms. The van der Waals surface area contributed by atoms with E-state index in [0.29, 0.717) is 57.6 Å².